The summed E-state index contributed by atoms with van der Waals surface area (Å²) in [5.41, 5.74) is 2.36. The molecule has 3 aromatic rings. The Bertz CT molecular complexity index is 754. The predicted octanol–water partition coefficient (Wildman–Crippen LogP) is 3.43. The smallest absolute Gasteiger partial charge is 0.212 e. The Morgan fingerprint density at radius 2 is 2.21 bits per heavy atom. The van der Waals surface area contributed by atoms with E-state index in [9.17, 15) is 4.79 Å². The Labute approximate surface area is 115 Å². The van der Waals surface area contributed by atoms with Crippen molar-refractivity contribution in [1.29, 1.82) is 0 Å². The number of nitrogens with zero attached hydrogens (tertiary/aromatic N) is 2. The molecule has 0 amide bonds. The highest BCUT2D eigenvalue weighted by molar-refractivity contribution is 7.17. The molecule has 0 unspecified atom stereocenters. The molecule has 0 aliphatic rings. The van der Waals surface area contributed by atoms with Crippen LogP contribution in [-0.2, 0) is 13.5 Å². The second kappa shape index (κ2) is 4.63. The van der Waals surface area contributed by atoms with Gasteiger partial charge in [-0.15, -0.1) is 11.3 Å². The minimum atomic E-state index is 0.0442. The highest BCUT2D eigenvalue weighted by Gasteiger charge is 2.17. The maximum absolute atomic E-state index is 12.7. The quantitative estimate of drug-likeness (QED) is 0.683. The van der Waals surface area contributed by atoms with E-state index in [0.29, 0.717) is 5.69 Å². The van der Waals surface area contributed by atoms with Gasteiger partial charge in [0.15, 0.2) is 0 Å². The first kappa shape index (κ1) is 12.1. The Morgan fingerprint density at radius 1 is 1.37 bits per heavy atom. The molecule has 0 aliphatic heterocycles. The fraction of sp³-hybridized carbons (Fsp3) is 0.200. The van der Waals surface area contributed by atoms with Crippen LogP contribution in [0.15, 0.2) is 35.7 Å². The zero-order valence-corrected chi connectivity index (χ0v) is 11.7. The average Bonchev–Trinajstić information content (AvgIpc) is 3.03. The lowest BCUT2D eigenvalue weighted by atomic mass is 10.1. The summed E-state index contributed by atoms with van der Waals surface area (Å²) >= 11 is 1.60. The standard InChI is InChI=1S/C15H14N2OS/c1-3-11-9-13(17(2)16-11)14(18)12-6-4-5-10-7-8-19-15(10)12/h4-9H,3H2,1-2H3. The maximum atomic E-state index is 12.7. The third-order valence-electron chi connectivity index (χ3n) is 3.25. The van der Waals surface area contributed by atoms with E-state index in [1.807, 2.05) is 49.7 Å². The summed E-state index contributed by atoms with van der Waals surface area (Å²) in [5, 5.41) is 7.48. The van der Waals surface area contributed by atoms with Crippen molar-refractivity contribution < 1.29 is 4.79 Å². The Morgan fingerprint density at radius 3 is 2.95 bits per heavy atom. The molecule has 0 N–H and O–H groups in total. The Balaban J connectivity index is 2.13. The highest BCUT2D eigenvalue weighted by Crippen LogP contribution is 2.26. The Hall–Kier alpha value is -1.94. The number of hydrogen-bond acceptors (Lipinski definition) is 3. The van der Waals surface area contributed by atoms with E-state index in [0.717, 1.165) is 27.8 Å². The van der Waals surface area contributed by atoms with Crippen LogP contribution in [0.2, 0.25) is 0 Å². The normalized spacial score (nSPS) is 11.1. The molecule has 0 fully saturated rings. The van der Waals surface area contributed by atoms with Crippen molar-refractivity contribution in [2.45, 2.75) is 13.3 Å². The first-order valence-corrected chi connectivity index (χ1v) is 7.12. The molecule has 2 heterocycles. The molecule has 96 valence electrons. The summed E-state index contributed by atoms with van der Waals surface area (Å²) in [7, 11) is 1.82. The van der Waals surface area contributed by atoms with Crippen LogP contribution in [0.4, 0.5) is 0 Å². The molecule has 0 saturated heterocycles. The fourth-order valence-corrected chi connectivity index (χ4v) is 3.13. The summed E-state index contributed by atoms with van der Waals surface area (Å²) in [5.74, 6) is 0.0442. The molecule has 0 atom stereocenters. The number of rotatable bonds is 3. The van der Waals surface area contributed by atoms with E-state index >= 15 is 0 Å². The first-order chi connectivity index (χ1) is 9.20. The zero-order valence-electron chi connectivity index (χ0n) is 10.9. The van der Waals surface area contributed by atoms with E-state index in [1.54, 1.807) is 16.0 Å². The monoisotopic (exact) mass is 270 g/mol. The zero-order chi connectivity index (χ0) is 13.4. The summed E-state index contributed by atoms with van der Waals surface area (Å²) in [6, 6.07) is 9.77. The van der Waals surface area contributed by atoms with Crippen LogP contribution in [0.25, 0.3) is 10.1 Å². The lowest BCUT2D eigenvalue weighted by Gasteiger charge is -2.02. The fourth-order valence-electron chi connectivity index (χ4n) is 2.22. The van der Waals surface area contributed by atoms with Gasteiger partial charge in [0.05, 0.1) is 5.69 Å². The van der Waals surface area contributed by atoms with Gasteiger partial charge in [0.1, 0.15) is 5.69 Å². The molecule has 3 nitrogen and oxygen atoms in total. The average molecular weight is 270 g/mol. The van der Waals surface area contributed by atoms with Gasteiger partial charge in [-0.05, 0) is 35.4 Å². The molecule has 3 rings (SSSR count). The summed E-state index contributed by atoms with van der Waals surface area (Å²) in [4.78, 5) is 12.7. The molecular formula is C15H14N2OS. The van der Waals surface area contributed by atoms with Crippen molar-refractivity contribution in [3.8, 4) is 0 Å². The molecule has 19 heavy (non-hydrogen) atoms. The van der Waals surface area contributed by atoms with Crippen molar-refractivity contribution in [3.63, 3.8) is 0 Å². The van der Waals surface area contributed by atoms with E-state index in [2.05, 4.69) is 5.10 Å². The molecule has 0 bridgehead atoms. The van der Waals surface area contributed by atoms with Crippen molar-refractivity contribution in [2.75, 3.05) is 0 Å². The number of aromatic nitrogens is 2. The second-order valence-electron chi connectivity index (χ2n) is 4.47. The van der Waals surface area contributed by atoms with Crippen LogP contribution >= 0.6 is 11.3 Å². The lowest BCUT2D eigenvalue weighted by Crippen LogP contribution is -2.08. The van der Waals surface area contributed by atoms with Gasteiger partial charge in [-0.3, -0.25) is 9.48 Å². The molecule has 0 aliphatic carbocycles. The van der Waals surface area contributed by atoms with E-state index < -0.39 is 0 Å². The van der Waals surface area contributed by atoms with Crippen LogP contribution in [-0.4, -0.2) is 15.6 Å². The highest BCUT2D eigenvalue weighted by atomic mass is 32.1. The van der Waals surface area contributed by atoms with Gasteiger partial charge in [0.25, 0.3) is 0 Å². The van der Waals surface area contributed by atoms with E-state index in [1.165, 1.54) is 0 Å². The number of hydrogen-bond donors (Lipinski definition) is 0. The molecular weight excluding hydrogens is 256 g/mol. The molecule has 0 radical (unpaired) electrons. The largest absolute Gasteiger partial charge is 0.287 e. The van der Waals surface area contributed by atoms with E-state index in [-0.39, 0.29) is 5.78 Å². The predicted molar refractivity (Wildman–Crippen MR) is 77.8 cm³/mol. The summed E-state index contributed by atoms with van der Waals surface area (Å²) in [6.07, 6.45) is 0.838. The van der Waals surface area contributed by atoms with Crippen LogP contribution in [0.5, 0.6) is 0 Å². The number of thiophene rings is 1. The van der Waals surface area contributed by atoms with E-state index in [4.69, 9.17) is 0 Å². The summed E-state index contributed by atoms with van der Waals surface area (Å²) in [6.45, 7) is 2.04. The van der Waals surface area contributed by atoms with Crippen molar-refractivity contribution in [1.82, 2.24) is 9.78 Å². The third kappa shape index (κ3) is 1.98. The molecule has 2 aromatic heterocycles. The van der Waals surface area contributed by atoms with Crippen LogP contribution in [0, 0.1) is 0 Å². The van der Waals surface area contributed by atoms with Gasteiger partial charge in [-0.25, -0.2) is 0 Å². The van der Waals surface area contributed by atoms with Gasteiger partial charge >= 0.3 is 0 Å². The maximum Gasteiger partial charge on any atom is 0.212 e. The lowest BCUT2D eigenvalue weighted by molar-refractivity contribution is 0.103. The number of carbonyl (C=O) groups is 1. The first-order valence-electron chi connectivity index (χ1n) is 6.24. The molecule has 0 spiro atoms. The van der Waals surface area contributed by atoms with Crippen molar-refractivity contribution in [2.24, 2.45) is 7.05 Å². The van der Waals surface area contributed by atoms with Crippen LogP contribution < -0.4 is 0 Å². The van der Waals surface area contributed by atoms with Gasteiger partial charge in [0, 0.05) is 17.3 Å². The third-order valence-corrected chi connectivity index (χ3v) is 4.21. The van der Waals surface area contributed by atoms with Crippen molar-refractivity contribution in [3.05, 3.63) is 52.7 Å². The molecule has 0 saturated carbocycles. The number of ketones is 1. The number of fused-ring (bicyclic) bond motifs is 1. The second-order valence-corrected chi connectivity index (χ2v) is 5.39. The van der Waals surface area contributed by atoms with Crippen molar-refractivity contribution >= 4 is 27.2 Å². The molecule has 1 aromatic carbocycles. The topological polar surface area (TPSA) is 34.9 Å². The van der Waals surface area contributed by atoms with Gasteiger partial charge in [0.2, 0.25) is 5.78 Å². The van der Waals surface area contributed by atoms with Crippen LogP contribution in [0.3, 0.4) is 0 Å². The number of aryl methyl sites for hydroxylation is 2. The Kier molecular flexibility index (Phi) is 2.95. The van der Waals surface area contributed by atoms with Crippen LogP contribution in [0.1, 0.15) is 28.7 Å². The van der Waals surface area contributed by atoms with Gasteiger partial charge in [-0.2, -0.15) is 5.10 Å². The van der Waals surface area contributed by atoms with Gasteiger partial charge < -0.3 is 0 Å². The minimum Gasteiger partial charge on any atom is -0.287 e. The molecule has 4 heteroatoms. The number of carbonyl (C=O) groups excluding carboxylic acids is 1. The summed E-state index contributed by atoms with van der Waals surface area (Å²) < 4.78 is 2.72. The minimum absolute atomic E-state index is 0.0442. The SMILES string of the molecule is CCc1cc(C(=O)c2cccc3ccsc23)n(C)n1. The van der Waals surface area contributed by atoms with Gasteiger partial charge in [-0.1, -0.05) is 19.1 Å². The number of benzene rings is 1.